The Balaban J connectivity index is 2.44. The van der Waals surface area contributed by atoms with Crippen LogP contribution in [0.3, 0.4) is 0 Å². The van der Waals surface area contributed by atoms with Crippen molar-refractivity contribution >= 4 is 28.3 Å². The van der Waals surface area contributed by atoms with Crippen LogP contribution in [0.15, 0.2) is 36.7 Å². The van der Waals surface area contributed by atoms with E-state index in [1.54, 1.807) is 12.4 Å². The zero-order chi connectivity index (χ0) is 12.3. The quantitative estimate of drug-likeness (QED) is 0.849. The average Bonchev–Trinajstić information content (AvgIpc) is 2.37. The van der Waals surface area contributed by atoms with Gasteiger partial charge in [-0.2, -0.15) is 0 Å². The second-order valence-electron chi connectivity index (χ2n) is 3.71. The Hall–Kier alpha value is -1.61. The summed E-state index contributed by atoms with van der Waals surface area (Å²) in [5.41, 5.74) is 0.746. The number of nitrogens with one attached hydrogen (secondary N) is 1. The van der Waals surface area contributed by atoms with Crippen LogP contribution in [-0.2, 0) is 4.79 Å². The lowest BCUT2D eigenvalue weighted by Crippen LogP contribution is -2.26. The summed E-state index contributed by atoms with van der Waals surface area (Å²) in [7, 11) is 0. The molecule has 0 saturated heterocycles. The Bertz CT molecular complexity index is 536. The normalized spacial score (nSPS) is 12.4. The third kappa shape index (κ3) is 2.39. The first-order valence-electron chi connectivity index (χ1n) is 5.48. The van der Waals surface area contributed by atoms with E-state index in [1.807, 2.05) is 31.2 Å². The molecule has 0 aliphatic carbocycles. The fraction of sp³-hybridized carbons (Fsp3) is 0.231. The van der Waals surface area contributed by atoms with Crippen molar-refractivity contribution in [2.24, 2.45) is 0 Å². The van der Waals surface area contributed by atoms with Gasteiger partial charge in [-0.15, -0.1) is 11.6 Å². The zero-order valence-electron chi connectivity index (χ0n) is 9.48. The van der Waals surface area contributed by atoms with E-state index in [1.165, 1.54) is 0 Å². The van der Waals surface area contributed by atoms with Crippen molar-refractivity contribution in [2.45, 2.75) is 12.3 Å². The largest absolute Gasteiger partial charge is 0.355 e. The second-order valence-corrected chi connectivity index (χ2v) is 4.14. The summed E-state index contributed by atoms with van der Waals surface area (Å²) in [6, 6.07) is 7.75. The summed E-state index contributed by atoms with van der Waals surface area (Å²) in [4.78, 5) is 15.8. The Morgan fingerprint density at radius 2 is 2.18 bits per heavy atom. The Morgan fingerprint density at radius 1 is 1.41 bits per heavy atom. The van der Waals surface area contributed by atoms with Gasteiger partial charge in [0.2, 0.25) is 5.91 Å². The van der Waals surface area contributed by atoms with Gasteiger partial charge in [-0.1, -0.05) is 24.3 Å². The number of alkyl halides is 1. The Labute approximate surface area is 105 Å². The number of carbonyl (C=O) groups excluding carboxylic acids is 1. The highest BCUT2D eigenvalue weighted by Gasteiger charge is 2.19. The highest BCUT2D eigenvalue weighted by molar-refractivity contribution is 6.31. The minimum atomic E-state index is -0.700. The SMILES string of the molecule is CCNC(=O)C(Cl)c1cncc2ccccc12. The summed E-state index contributed by atoms with van der Waals surface area (Å²) >= 11 is 6.16. The molecule has 1 amide bonds. The number of hydrogen-bond donors (Lipinski definition) is 1. The molecule has 0 aliphatic heterocycles. The van der Waals surface area contributed by atoms with Gasteiger partial charge in [-0.3, -0.25) is 9.78 Å². The Morgan fingerprint density at radius 3 is 2.94 bits per heavy atom. The van der Waals surface area contributed by atoms with Crippen LogP contribution in [0.5, 0.6) is 0 Å². The summed E-state index contributed by atoms with van der Waals surface area (Å²) in [6.45, 7) is 2.43. The minimum absolute atomic E-state index is 0.188. The van der Waals surface area contributed by atoms with Gasteiger partial charge in [-0.05, 0) is 12.3 Å². The number of rotatable bonds is 3. The van der Waals surface area contributed by atoms with E-state index in [2.05, 4.69) is 10.3 Å². The molecule has 0 bridgehead atoms. The van der Waals surface area contributed by atoms with Crippen LogP contribution < -0.4 is 5.32 Å². The van der Waals surface area contributed by atoms with E-state index in [0.717, 1.165) is 16.3 Å². The van der Waals surface area contributed by atoms with Crippen LogP contribution in [0.1, 0.15) is 17.9 Å². The molecule has 1 heterocycles. The van der Waals surface area contributed by atoms with Crippen LogP contribution in [0.2, 0.25) is 0 Å². The van der Waals surface area contributed by atoms with Crippen molar-refractivity contribution in [1.82, 2.24) is 10.3 Å². The summed E-state index contributed by atoms with van der Waals surface area (Å²) < 4.78 is 0. The van der Waals surface area contributed by atoms with Gasteiger partial charge in [0, 0.05) is 29.9 Å². The number of amides is 1. The van der Waals surface area contributed by atoms with E-state index in [9.17, 15) is 4.79 Å². The molecule has 4 heteroatoms. The maximum atomic E-state index is 11.7. The highest BCUT2D eigenvalue weighted by atomic mass is 35.5. The number of nitrogens with zero attached hydrogens (tertiary/aromatic N) is 1. The van der Waals surface area contributed by atoms with E-state index in [0.29, 0.717) is 6.54 Å². The number of aromatic nitrogens is 1. The van der Waals surface area contributed by atoms with Crippen LogP contribution in [0.25, 0.3) is 10.8 Å². The van der Waals surface area contributed by atoms with E-state index >= 15 is 0 Å². The molecule has 0 radical (unpaired) electrons. The smallest absolute Gasteiger partial charge is 0.242 e. The maximum Gasteiger partial charge on any atom is 0.242 e. The number of carbonyl (C=O) groups is 1. The van der Waals surface area contributed by atoms with Crippen molar-refractivity contribution in [3.05, 3.63) is 42.2 Å². The molecular formula is C13H13ClN2O. The van der Waals surface area contributed by atoms with Crippen LogP contribution >= 0.6 is 11.6 Å². The first-order chi connectivity index (χ1) is 8.24. The monoisotopic (exact) mass is 248 g/mol. The van der Waals surface area contributed by atoms with E-state index in [4.69, 9.17) is 11.6 Å². The average molecular weight is 249 g/mol. The van der Waals surface area contributed by atoms with Gasteiger partial charge >= 0.3 is 0 Å². The lowest BCUT2D eigenvalue weighted by Gasteiger charge is -2.11. The van der Waals surface area contributed by atoms with Crippen molar-refractivity contribution in [3.8, 4) is 0 Å². The molecule has 88 valence electrons. The van der Waals surface area contributed by atoms with Gasteiger partial charge in [-0.25, -0.2) is 0 Å². The molecule has 2 aromatic rings. The van der Waals surface area contributed by atoms with E-state index in [-0.39, 0.29) is 5.91 Å². The highest BCUT2D eigenvalue weighted by Crippen LogP contribution is 2.27. The maximum absolute atomic E-state index is 11.7. The number of halogens is 1. The standard InChI is InChI=1S/C13H13ClN2O/c1-2-16-13(17)12(14)11-8-15-7-9-5-3-4-6-10(9)11/h3-8,12H,2H2,1H3,(H,16,17). The molecule has 3 nitrogen and oxygen atoms in total. The first-order valence-corrected chi connectivity index (χ1v) is 5.92. The molecule has 0 saturated carbocycles. The molecular weight excluding hydrogens is 236 g/mol. The van der Waals surface area contributed by atoms with Crippen molar-refractivity contribution < 1.29 is 4.79 Å². The number of hydrogen-bond acceptors (Lipinski definition) is 2. The lowest BCUT2D eigenvalue weighted by molar-refractivity contribution is -0.120. The molecule has 17 heavy (non-hydrogen) atoms. The molecule has 1 unspecified atom stereocenters. The molecule has 1 atom stereocenters. The molecule has 0 fully saturated rings. The topological polar surface area (TPSA) is 42.0 Å². The summed E-state index contributed by atoms with van der Waals surface area (Å²) in [5, 5.41) is 3.96. The van der Waals surface area contributed by atoms with E-state index < -0.39 is 5.38 Å². The number of benzene rings is 1. The third-order valence-corrected chi connectivity index (χ3v) is 2.99. The molecule has 1 aromatic heterocycles. The van der Waals surface area contributed by atoms with Crippen molar-refractivity contribution in [3.63, 3.8) is 0 Å². The van der Waals surface area contributed by atoms with Crippen molar-refractivity contribution in [1.29, 1.82) is 0 Å². The van der Waals surface area contributed by atoms with Gasteiger partial charge in [0.1, 0.15) is 5.38 Å². The third-order valence-electron chi connectivity index (χ3n) is 2.55. The van der Waals surface area contributed by atoms with Crippen molar-refractivity contribution in [2.75, 3.05) is 6.54 Å². The summed E-state index contributed by atoms with van der Waals surface area (Å²) in [6.07, 6.45) is 3.41. The predicted molar refractivity (Wildman–Crippen MR) is 69.0 cm³/mol. The number of fused-ring (bicyclic) bond motifs is 1. The van der Waals surface area contributed by atoms with Gasteiger partial charge in [0.15, 0.2) is 0 Å². The van der Waals surface area contributed by atoms with Gasteiger partial charge < -0.3 is 5.32 Å². The Kier molecular flexibility index (Phi) is 3.59. The van der Waals surface area contributed by atoms with Crippen LogP contribution in [0, 0.1) is 0 Å². The van der Waals surface area contributed by atoms with Crippen LogP contribution in [0.4, 0.5) is 0 Å². The second kappa shape index (κ2) is 5.15. The predicted octanol–water partition coefficient (Wildman–Crippen LogP) is 2.65. The zero-order valence-corrected chi connectivity index (χ0v) is 10.2. The fourth-order valence-corrected chi connectivity index (χ4v) is 2.00. The molecule has 1 N–H and O–H groups in total. The molecule has 1 aromatic carbocycles. The van der Waals surface area contributed by atoms with Gasteiger partial charge in [0.05, 0.1) is 0 Å². The first kappa shape index (κ1) is 11.9. The molecule has 2 rings (SSSR count). The molecule has 0 aliphatic rings. The molecule has 0 spiro atoms. The lowest BCUT2D eigenvalue weighted by atomic mass is 10.1. The number of pyridine rings is 1. The fourth-order valence-electron chi connectivity index (χ4n) is 1.75. The van der Waals surface area contributed by atoms with Gasteiger partial charge in [0.25, 0.3) is 0 Å². The van der Waals surface area contributed by atoms with Crippen LogP contribution in [-0.4, -0.2) is 17.4 Å². The summed E-state index contributed by atoms with van der Waals surface area (Å²) in [5.74, 6) is -0.188. The minimum Gasteiger partial charge on any atom is -0.355 e. The number of likely N-dealkylation sites (N-methyl/N-ethyl adjacent to an activating group) is 1.